The van der Waals surface area contributed by atoms with Gasteiger partial charge in [-0.1, -0.05) is 11.6 Å². The Morgan fingerprint density at radius 1 is 1.32 bits per heavy atom. The topological polar surface area (TPSA) is 62.5 Å². The van der Waals surface area contributed by atoms with Crippen LogP contribution in [0.4, 0.5) is 0 Å². The Balaban J connectivity index is 2.15. The van der Waals surface area contributed by atoms with Crippen LogP contribution in [0.25, 0.3) is 11.3 Å². The Morgan fingerprint density at radius 2 is 2.00 bits per heavy atom. The molecule has 0 aliphatic heterocycles. The number of nitrogens with one attached hydrogen (secondary N) is 1. The Morgan fingerprint density at radius 3 is 2.63 bits per heavy atom. The zero-order valence-electron chi connectivity index (χ0n) is 10.4. The maximum Gasteiger partial charge on any atom is 0.287 e. The van der Waals surface area contributed by atoms with E-state index in [0.29, 0.717) is 10.8 Å². The van der Waals surface area contributed by atoms with Crippen molar-refractivity contribution < 1.29 is 14.3 Å². The molecule has 19 heavy (non-hydrogen) atoms. The third-order valence-electron chi connectivity index (χ3n) is 2.61. The number of hydrogen-bond acceptors (Lipinski definition) is 3. The molecule has 0 saturated carbocycles. The molecule has 2 aromatic rings. The number of amides is 1. The van der Waals surface area contributed by atoms with Crippen LogP contribution in [0.2, 0.25) is 5.02 Å². The lowest BCUT2D eigenvalue weighted by molar-refractivity contribution is 0.0895. The molecule has 0 radical (unpaired) electrons. The van der Waals surface area contributed by atoms with Gasteiger partial charge in [0.15, 0.2) is 5.76 Å². The van der Waals surface area contributed by atoms with Crippen molar-refractivity contribution in [2.45, 2.75) is 13.0 Å². The van der Waals surface area contributed by atoms with Gasteiger partial charge < -0.3 is 14.8 Å². The summed E-state index contributed by atoms with van der Waals surface area (Å²) in [6, 6.07) is 10.2. The van der Waals surface area contributed by atoms with E-state index >= 15 is 0 Å². The summed E-state index contributed by atoms with van der Waals surface area (Å²) in [6.07, 6.45) is 0. The molecule has 100 valence electrons. The molecule has 2 N–H and O–H groups in total. The van der Waals surface area contributed by atoms with E-state index in [1.54, 1.807) is 31.2 Å². The van der Waals surface area contributed by atoms with Gasteiger partial charge in [-0.2, -0.15) is 0 Å². The first-order chi connectivity index (χ1) is 9.10. The minimum Gasteiger partial charge on any atom is -0.451 e. The minimum atomic E-state index is -0.346. The van der Waals surface area contributed by atoms with Gasteiger partial charge in [-0.05, 0) is 43.3 Å². The number of aliphatic hydroxyl groups excluding tert-OH is 1. The smallest absolute Gasteiger partial charge is 0.287 e. The lowest BCUT2D eigenvalue weighted by Gasteiger charge is -2.08. The van der Waals surface area contributed by atoms with Crippen molar-refractivity contribution in [1.29, 1.82) is 0 Å². The molecule has 1 unspecified atom stereocenters. The number of hydrogen-bond donors (Lipinski definition) is 2. The maximum atomic E-state index is 11.8. The van der Waals surface area contributed by atoms with E-state index in [9.17, 15) is 4.79 Å². The molecular formula is C14H14ClNO3. The van der Waals surface area contributed by atoms with E-state index in [4.69, 9.17) is 21.1 Å². The summed E-state index contributed by atoms with van der Waals surface area (Å²) in [5.41, 5.74) is 0.846. The number of benzene rings is 1. The van der Waals surface area contributed by atoms with E-state index in [1.807, 2.05) is 12.1 Å². The zero-order valence-corrected chi connectivity index (χ0v) is 11.1. The van der Waals surface area contributed by atoms with Gasteiger partial charge in [-0.15, -0.1) is 0 Å². The first-order valence-electron chi connectivity index (χ1n) is 5.87. The standard InChI is InChI=1S/C14H14ClNO3/c1-9(8-17)16-14(18)13-7-6-12(19-13)10-2-4-11(15)5-3-10/h2-7,9,17H,8H2,1H3,(H,16,18). The molecule has 0 aliphatic carbocycles. The monoisotopic (exact) mass is 279 g/mol. The predicted molar refractivity (Wildman–Crippen MR) is 73.2 cm³/mol. The van der Waals surface area contributed by atoms with Gasteiger partial charge in [0.05, 0.1) is 6.61 Å². The van der Waals surface area contributed by atoms with Crippen molar-refractivity contribution >= 4 is 17.5 Å². The van der Waals surface area contributed by atoms with Gasteiger partial charge in [0.25, 0.3) is 5.91 Å². The van der Waals surface area contributed by atoms with Crippen LogP contribution >= 0.6 is 11.6 Å². The van der Waals surface area contributed by atoms with E-state index in [-0.39, 0.29) is 24.3 Å². The number of carbonyl (C=O) groups excluding carboxylic acids is 1. The minimum absolute atomic E-state index is 0.115. The molecule has 5 heteroatoms. The third kappa shape index (κ3) is 3.36. The average molecular weight is 280 g/mol. The van der Waals surface area contributed by atoms with E-state index < -0.39 is 0 Å². The Bertz CT molecular complexity index is 562. The van der Waals surface area contributed by atoms with E-state index in [0.717, 1.165) is 5.56 Å². The Kier molecular flexibility index (Phi) is 4.24. The molecule has 1 amide bonds. The van der Waals surface area contributed by atoms with Crippen LogP contribution < -0.4 is 5.32 Å². The van der Waals surface area contributed by atoms with Crippen LogP contribution in [0, 0.1) is 0 Å². The molecule has 1 aromatic carbocycles. The molecular weight excluding hydrogens is 266 g/mol. The van der Waals surface area contributed by atoms with Crippen molar-refractivity contribution in [2.24, 2.45) is 0 Å². The molecule has 0 saturated heterocycles. The van der Waals surface area contributed by atoms with Gasteiger partial charge in [0, 0.05) is 16.6 Å². The van der Waals surface area contributed by atoms with Gasteiger partial charge >= 0.3 is 0 Å². The highest BCUT2D eigenvalue weighted by atomic mass is 35.5. The second-order valence-corrected chi connectivity index (χ2v) is 4.66. The highest BCUT2D eigenvalue weighted by Gasteiger charge is 2.14. The van der Waals surface area contributed by atoms with Gasteiger partial charge in [-0.3, -0.25) is 4.79 Å². The van der Waals surface area contributed by atoms with Crippen LogP contribution in [-0.2, 0) is 0 Å². The molecule has 1 atom stereocenters. The molecule has 0 spiro atoms. The highest BCUT2D eigenvalue weighted by Crippen LogP contribution is 2.23. The molecule has 4 nitrogen and oxygen atoms in total. The highest BCUT2D eigenvalue weighted by molar-refractivity contribution is 6.30. The summed E-state index contributed by atoms with van der Waals surface area (Å²) in [4.78, 5) is 11.8. The predicted octanol–water partition coefficient (Wildman–Crippen LogP) is 2.71. The number of furan rings is 1. The maximum absolute atomic E-state index is 11.8. The van der Waals surface area contributed by atoms with Gasteiger partial charge in [0.2, 0.25) is 0 Å². The fourth-order valence-electron chi connectivity index (χ4n) is 1.57. The van der Waals surface area contributed by atoms with E-state index in [1.165, 1.54) is 0 Å². The lowest BCUT2D eigenvalue weighted by atomic mass is 10.2. The SMILES string of the molecule is CC(CO)NC(=O)c1ccc(-c2ccc(Cl)cc2)o1. The summed E-state index contributed by atoms with van der Waals surface area (Å²) in [7, 11) is 0. The summed E-state index contributed by atoms with van der Waals surface area (Å²) in [5, 5.41) is 12.1. The lowest BCUT2D eigenvalue weighted by Crippen LogP contribution is -2.34. The number of rotatable bonds is 4. The number of aliphatic hydroxyl groups is 1. The van der Waals surface area contributed by atoms with Crippen LogP contribution in [0.5, 0.6) is 0 Å². The molecule has 0 bridgehead atoms. The van der Waals surface area contributed by atoms with Crippen molar-refractivity contribution in [3.05, 3.63) is 47.2 Å². The Labute approximate surface area is 116 Å². The fraction of sp³-hybridized carbons (Fsp3) is 0.214. The first-order valence-corrected chi connectivity index (χ1v) is 6.25. The summed E-state index contributed by atoms with van der Waals surface area (Å²) >= 11 is 5.81. The van der Waals surface area contributed by atoms with Crippen LogP contribution in [0.3, 0.4) is 0 Å². The molecule has 0 aliphatic rings. The van der Waals surface area contributed by atoms with Gasteiger partial charge in [-0.25, -0.2) is 0 Å². The largest absolute Gasteiger partial charge is 0.451 e. The molecule has 0 fully saturated rings. The number of carbonyl (C=O) groups is 1. The van der Waals surface area contributed by atoms with Crippen LogP contribution in [0.1, 0.15) is 17.5 Å². The Hall–Kier alpha value is -1.78. The number of halogens is 1. The second kappa shape index (κ2) is 5.91. The van der Waals surface area contributed by atoms with Crippen LogP contribution in [-0.4, -0.2) is 23.7 Å². The molecule has 2 rings (SSSR count). The second-order valence-electron chi connectivity index (χ2n) is 4.23. The molecule has 1 heterocycles. The summed E-state index contributed by atoms with van der Waals surface area (Å²) in [5.74, 6) is 0.463. The van der Waals surface area contributed by atoms with E-state index in [2.05, 4.69) is 5.32 Å². The first kappa shape index (κ1) is 13.6. The van der Waals surface area contributed by atoms with Crippen molar-refractivity contribution in [2.75, 3.05) is 6.61 Å². The van der Waals surface area contributed by atoms with Gasteiger partial charge in [0.1, 0.15) is 5.76 Å². The normalized spacial score (nSPS) is 12.2. The van der Waals surface area contributed by atoms with Crippen molar-refractivity contribution in [1.82, 2.24) is 5.32 Å². The fourth-order valence-corrected chi connectivity index (χ4v) is 1.70. The average Bonchev–Trinajstić information content (AvgIpc) is 2.89. The quantitative estimate of drug-likeness (QED) is 0.904. The van der Waals surface area contributed by atoms with Crippen molar-refractivity contribution in [3.8, 4) is 11.3 Å². The zero-order chi connectivity index (χ0) is 13.8. The third-order valence-corrected chi connectivity index (χ3v) is 2.86. The van der Waals surface area contributed by atoms with Crippen molar-refractivity contribution in [3.63, 3.8) is 0 Å². The molecule has 1 aromatic heterocycles. The summed E-state index contributed by atoms with van der Waals surface area (Å²) < 4.78 is 5.48. The van der Waals surface area contributed by atoms with Crippen LogP contribution in [0.15, 0.2) is 40.8 Å². The summed E-state index contributed by atoms with van der Waals surface area (Å²) in [6.45, 7) is 1.59.